The summed E-state index contributed by atoms with van der Waals surface area (Å²) in [6.45, 7) is 1.34. The van der Waals surface area contributed by atoms with E-state index in [2.05, 4.69) is 28.1 Å². The van der Waals surface area contributed by atoms with E-state index in [1.165, 1.54) is 17.3 Å². The molecule has 2 aromatic rings. The summed E-state index contributed by atoms with van der Waals surface area (Å²) in [6, 6.07) is 9.96. The molecule has 0 unspecified atom stereocenters. The molecule has 0 saturated carbocycles. The van der Waals surface area contributed by atoms with Crippen molar-refractivity contribution < 1.29 is 9.50 Å². The van der Waals surface area contributed by atoms with Crippen molar-refractivity contribution in [3.05, 3.63) is 59.0 Å². The molecule has 3 nitrogen and oxygen atoms in total. The van der Waals surface area contributed by atoms with Gasteiger partial charge in [-0.3, -0.25) is 0 Å². The molecule has 0 bridgehead atoms. The predicted molar refractivity (Wildman–Crippen MR) is 71.3 cm³/mol. The van der Waals surface area contributed by atoms with Crippen molar-refractivity contribution in [1.82, 2.24) is 4.98 Å². The van der Waals surface area contributed by atoms with Gasteiger partial charge in [0.15, 0.2) is 0 Å². The molecule has 98 valence electrons. The van der Waals surface area contributed by atoms with E-state index in [0.29, 0.717) is 5.56 Å². The van der Waals surface area contributed by atoms with Gasteiger partial charge in [-0.25, -0.2) is 9.37 Å². The van der Waals surface area contributed by atoms with Gasteiger partial charge in [-0.2, -0.15) is 0 Å². The minimum Gasteiger partial charge on any atom is -0.392 e. The molecule has 0 fully saturated rings. The van der Waals surface area contributed by atoms with Gasteiger partial charge >= 0.3 is 0 Å². The van der Waals surface area contributed by atoms with Gasteiger partial charge in [0.05, 0.1) is 12.8 Å². The first kappa shape index (κ1) is 12.1. The molecule has 1 aromatic heterocycles. The van der Waals surface area contributed by atoms with Gasteiger partial charge in [-0.05, 0) is 23.6 Å². The molecule has 0 spiro atoms. The Morgan fingerprint density at radius 2 is 2.05 bits per heavy atom. The van der Waals surface area contributed by atoms with E-state index in [1.807, 2.05) is 6.07 Å². The summed E-state index contributed by atoms with van der Waals surface area (Å²) in [5, 5.41) is 9.11. The van der Waals surface area contributed by atoms with Crippen LogP contribution in [0.3, 0.4) is 0 Å². The Labute approximate surface area is 111 Å². The van der Waals surface area contributed by atoms with Gasteiger partial charge in [-0.15, -0.1) is 0 Å². The summed E-state index contributed by atoms with van der Waals surface area (Å²) in [5.41, 5.74) is 2.94. The molecule has 0 atom stereocenters. The van der Waals surface area contributed by atoms with Crippen LogP contribution in [-0.4, -0.2) is 16.6 Å². The summed E-state index contributed by atoms with van der Waals surface area (Å²) < 4.78 is 13.3. The minimum absolute atomic E-state index is 0.295. The zero-order chi connectivity index (χ0) is 13.2. The maximum Gasteiger partial charge on any atom is 0.147 e. The zero-order valence-electron chi connectivity index (χ0n) is 10.5. The van der Waals surface area contributed by atoms with Crippen LogP contribution in [0.25, 0.3) is 0 Å². The molecule has 0 amide bonds. The van der Waals surface area contributed by atoms with Crippen molar-refractivity contribution >= 4 is 5.82 Å². The van der Waals surface area contributed by atoms with E-state index < -0.39 is 5.82 Å². The number of anilines is 1. The molecule has 1 aliphatic heterocycles. The van der Waals surface area contributed by atoms with Gasteiger partial charge in [0.1, 0.15) is 11.6 Å². The average Bonchev–Trinajstić information content (AvgIpc) is 2.47. The van der Waals surface area contributed by atoms with Crippen LogP contribution in [0.5, 0.6) is 0 Å². The summed E-state index contributed by atoms with van der Waals surface area (Å²) in [6.07, 6.45) is 2.14. The number of benzene rings is 1. The number of halogens is 1. The Hall–Kier alpha value is -1.94. The number of aliphatic hydroxyl groups excluding tert-OH is 1. The third kappa shape index (κ3) is 2.31. The Kier molecular flexibility index (Phi) is 3.17. The van der Waals surface area contributed by atoms with E-state index >= 15 is 0 Å². The zero-order valence-corrected chi connectivity index (χ0v) is 10.5. The first-order chi connectivity index (χ1) is 9.28. The molecule has 0 aliphatic carbocycles. The van der Waals surface area contributed by atoms with Gasteiger partial charge in [0, 0.05) is 18.7 Å². The highest BCUT2D eigenvalue weighted by molar-refractivity contribution is 5.45. The smallest absolute Gasteiger partial charge is 0.147 e. The summed E-state index contributed by atoms with van der Waals surface area (Å²) >= 11 is 0. The first-order valence-corrected chi connectivity index (χ1v) is 6.35. The molecule has 1 N–H and O–H groups in total. The lowest BCUT2D eigenvalue weighted by Crippen LogP contribution is -2.31. The standard InChI is InChI=1S/C15H15FN2O/c16-14-8-17-15(7-13(14)10-19)18-6-5-11-3-1-2-4-12(11)9-18/h1-4,7-8,19H,5-6,9-10H2. The largest absolute Gasteiger partial charge is 0.392 e. The highest BCUT2D eigenvalue weighted by Crippen LogP contribution is 2.24. The Morgan fingerprint density at radius 3 is 2.84 bits per heavy atom. The van der Waals surface area contributed by atoms with Crippen LogP contribution in [0.1, 0.15) is 16.7 Å². The van der Waals surface area contributed by atoms with Crippen LogP contribution in [0.4, 0.5) is 10.2 Å². The summed E-state index contributed by atoms with van der Waals surface area (Å²) in [5.74, 6) is 0.267. The van der Waals surface area contributed by atoms with Crippen molar-refractivity contribution in [3.8, 4) is 0 Å². The van der Waals surface area contributed by atoms with Crippen molar-refractivity contribution in [2.75, 3.05) is 11.4 Å². The highest BCUT2D eigenvalue weighted by Gasteiger charge is 2.17. The highest BCUT2D eigenvalue weighted by atomic mass is 19.1. The Morgan fingerprint density at radius 1 is 1.26 bits per heavy atom. The van der Waals surface area contributed by atoms with Gasteiger partial charge in [0.2, 0.25) is 0 Å². The Bertz CT molecular complexity index is 600. The number of aromatic nitrogens is 1. The van der Waals surface area contributed by atoms with E-state index in [4.69, 9.17) is 5.11 Å². The number of hydrogen-bond donors (Lipinski definition) is 1. The van der Waals surface area contributed by atoms with Crippen molar-refractivity contribution in [1.29, 1.82) is 0 Å². The molecule has 2 heterocycles. The Balaban J connectivity index is 1.89. The molecule has 4 heteroatoms. The fourth-order valence-corrected chi connectivity index (χ4v) is 2.45. The van der Waals surface area contributed by atoms with Crippen molar-refractivity contribution in [2.45, 2.75) is 19.6 Å². The molecule has 0 radical (unpaired) electrons. The third-order valence-electron chi connectivity index (χ3n) is 3.55. The SMILES string of the molecule is OCc1cc(N2CCc3ccccc3C2)ncc1F. The molecule has 0 saturated heterocycles. The van der Waals surface area contributed by atoms with Crippen molar-refractivity contribution in [3.63, 3.8) is 0 Å². The number of rotatable bonds is 2. The minimum atomic E-state index is -0.455. The molecule has 1 aliphatic rings. The maximum atomic E-state index is 13.3. The number of aliphatic hydroxyl groups is 1. The van der Waals surface area contributed by atoms with E-state index in [1.54, 1.807) is 6.07 Å². The lowest BCUT2D eigenvalue weighted by molar-refractivity contribution is 0.275. The number of fused-ring (bicyclic) bond motifs is 1. The monoisotopic (exact) mass is 258 g/mol. The fourth-order valence-electron chi connectivity index (χ4n) is 2.45. The van der Waals surface area contributed by atoms with Crippen LogP contribution in [-0.2, 0) is 19.6 Å². The average molecular weight is 258 g/mol. The lowest BCUT2D eigenvalue weighted by atomic mass is 10.00. The van der Waals surface area contributed by atoms with E-state index in [-0.39, 0.29) is 6.61 Å². The molecular formula is C15H15FN2O. The van der Waals surface area contributed by atoms with Crippen LogP contribution in [0.15, 0.2) is 36.5 Å². The second-order valence-electron chi connectivity index (χ2n) is 4.73. The molecule has 1 aromatic carbocycles. The van der Waals surface area contributed by atoms with Crippen LogP contribution in [0.2, 0.25) is 0 Å². The topological polar surface area (TPSA) is 36.4 Å². The van der Waals surface area contributed by atoms with E-state index in [0.717, 1.165) is 25.3 Å². The number of hydrogen-bond acceptors (Lipinski definition) is 3. The number of pyridine rings is 1. The first-order valence-electron chi connectivity index (χ1n) is 6.35. The predicted octanol–water partition coefficient (Wildman–Crippen LogP) is 2.28. The van der Waals surface area contributed by atoms with Crippen LogP contribution < -0.4 is 4.90 Å². The van der Waals surface area contributed by atoms with Gasteiger partial charge < -0.3 is 10.0 Å². The van der Waals surface area contributed by atoms with Crippen LogP contribution in [0, 0.1) is 5.82 Å². The summed E-state index contributed by atoms with van der Waals surface area (Å²) in [7, 11) is 0. The van der Waals surface area contributed by atoms with Gasteiger partial charge in [-0.1, -0.05) is 24.3 Å². The summed E-state index contributed by atoms with van der Waals surface area (Å²) in [4.78, 5) is 6.24. The molecular weight excluding hydrogens is 243 g/mol. The fraction of sp³-hybridized carbons (Fsp3) is 0.267. The maximum absolute atomic E-state index is 13.3. The lowest BCUT2D eigenvalue weighted by Gasteiger charge is -2.30. The van der Waals surface area contributed by atoms with Crippen molar-refractivity contribution in [2.24, 2.45) is 0 Å². The number of nitrogens with zero attached hydrogens (tertiary/aromatic N) is 2. The molecule has 3 rings (SSSR count). The van der Waals surface area contributed by atoms with Crippen LogP contribution >= 0.6 is 0 Å². The quantitative estimate of drug-likeness (QED) is 0.897. The normalized spacial score (nSPS) is 14.3. The second-order valence-corrected chi connectivity index (χ2v) is 4.73. The van der Waals surface area contributed by atoms with E-state index in [9.17, 15) is 4.39 Å². The molecule has 19 heavy (non-hydrogen) atoms. The second kappa shape index (κ2) is 4.97. The van der Waals surface area contributed by atoms with Gasteiger partial charge in [0.25, 0.3) is 0 Å². The third-order valence-corrected chi connectivity index (χ3v) is 3.55.